The van der Waals surface area contributed by atoms with Gasteiger partial charge in [0, 0.05) is 35.8 Å². The van der Waals surface area contributed by atoms with Gasteiger partial charge in [-0.1, -0.05) is 30.3 Å². The van der Waals surface area contributed by atoms with Crippen LogP contribution in [-0.2, 0) is 4.74 Å². The molecule has 1 saturated heterocycles. The summed E-state index contributed by atoms with van der Waals surface area (Å²) in [5.41, 5.74) is 3.58. The zero-order chi connectivity index (χ0) is 18.1. The van der Waals surface area contributed by atoms with E-state index in [-0.39, 0.29) is 11.7 Å². The molecule has 26 heavy (non-hydrogen) atoms. The number of morpholine rings is 1. The van der Waals surface area contributed by atoms with Crippen molar-refractivity contribution >= 4 is 16.6 Å². The lowest BCUT2D eigenvalue weighted by atomic mass is 10.0. The fourth-order valence-corrected chi connectivity index (χ4v) is 3.57. The highest BCUT2D eigenvalue weighted by Crippen LogP contribution is 2.30. The van der Waals surface area contributed by atoms with E-state index in [1.165, 1.54) is 0 Å². The number of aromatic nitrogens is 2. The van der Waals surface area contributed by atoms with Crippen LogP contribution in [0.25, 0.3) is 22.2 Å². The highest BCUT2D eigenvalue weighted by Gasteiger charge is 2.17. The van der Waals surface area contributed by atoms with Gasteiger partial charge in [-0.2, -0.15) is 4.98 Å². The van der Waals surface area contributed by atoms with Crippen LogP contribution in [0.2, 0.25) is 0 Å². The van der Waals surface area contributed by atoms with E-state index in [4.69, 9.17) is 4.74 Å². The SMILES string of the molecule is CC(C)n1c(=O)nc(-c2ccccc2)c2cc(N3CCOCC3)ccc21. The van der Waals surface area contributed by atoms with E-state index < -0.39 is 0 Å². The van der Waals surface area contributed by atoms with Crippen molar-refractivity contribution in [3.8, 4) is 11.3 Å². The summed E-state index contributed by atoms with van der Waals surface area (Å²) in [6.45, 7) is 7.27. The van der Waals surface area contributed by atoms with Crippen molar-refractivity contribution in [1.29, 1.82) is 0 Å². The van der Waals surface area contributed by atoms with Gasteiger partial charge in [-0.3, -0.25) is 4.57 Å². The number of fused-ring (bicyclic) bond motifs is 1. The van der Waals surface area contributed by atoms with Crippen molar-refractivity contribution in [3.63, 3.8) is 0 Å². The molecule has 5 nitrogen and oxygen atoms in total. The monoisotopic (exact) mass is 349 g/mol. The molecule has 134 valence electrons. The van der Waals surface area contributed by atoms with Gasteiger partial charge in [0.15, 0.2) is 0 Å². The molecular weight excluding hydrogens is 326 g/mol. The fraction of sp³-hybridized carbons (Fsp3) is 0.333. The van der Waals surface area contributed by atoms with Gasteiger partial charge in [-0.15, -0.1) is 0 Å². The molecule has 2 heterocycles. The Labute approximate surface area is 152 Å². The first-order valence-electron chi connectivity index (χ1n) is 9.09. The molecule has 0 bridgehead atoms. The summed E-state index contributed by atoms with van der Waals surface area (Å²) in [7, 11) is 0. The number of benzene rings is 2. The third-order valence-electron chi connectivity index (χ3n) is 4.85. The molecule has 0 N–H and O–H groups in total. The van der Waals surface area contributed by atoms with Gasteiger partial charge in [0.05, 0.1) is 24.4 Å². The summed E-state index contributed by atoms with van der Waals surface area (Å²) >= 11 is 0. The minimum absolute atomic E-state index is 0.0524. The van der Waals surface area contributed by atoms with Crippen molar-refractivity contribution in [3.05, 3.63) is 59.0 Å². The van der Waals surface area contributed by atoms with Gasteiger partial charge in [0.1, 0.15) is 0 Å². The maximum atomic E-state index is 12.7. The van der Waals surface area contributed by atoms with E-state index in [0.29, 0.717) is 0 Å². The Balaban J connectivity index is 1.97. The van der Waals surface area contributed by atoms with Crippen LogP contribution in [-0.4, -0.2) is 35.9 Å². The fourth-order valence-electron chi connectivity index (χ4n) is 3.57. The summed E-state index contributed by atoms with van der Waals surface area (Å²) < 4.78 is 7.24. The number of rotatable bonds is 3. The standard InChI is InChI=1S/C21H23N3O2/c1-15(2)24-19-9-8-17(23-10-12-26-13-11-23)14-18(19)20(22-21(24)25)16-6-4-3-5-7-16/h3-9,14-15H,10-13H2,1-2H3. The molecular formula is C21H23N3O2. The minimum atomic E-state index is -0.203. The number of hydrogen-bond donors (Lipinski definition) is 0. The first-order valence-corrected chi connectivity index (χ1v) is 9.09. The highest BCUT2D eigenvalue weighted by atomic mass is 16.5. The summed E-state index contributed by atoms with van der Waals surface area (Å²) in [4.78, 5) is 19.4. The van der Waals surface area contributed by atoms with Crippen LogP contribution in [0.5, 0.6) is 0 Å². The third-order valence-corrected chi connectivity index (χ3v) is 4.85. The molecule has 0 radical (unpaired) electrons. The summed E-state index contributed by atoms with van der Waals surface area (Å²) in [6.07, 6.45) is 0. The Morgan fingerprint density at radius 3 is 2.46 bits per heavy atom. The van der Waals surface area contributed by atoms with E-state index in [1.807, 2.05) is 44.2 Å². The van der Waals surface area contributed by atoms with Crippen LogP contribution in [0.3, 0.4) is 0 Å². The maximum absolute atomic E-state index is 12.7. The van der Waals surface area contributed by atoms with E-state index >= 15 is 0 Å². The summed E-state index contributed by atoms with van der Waals surface area (Å²) in [5, 5.41) is 1.01. The number of nitrogens with zero attached hydrogens (tertiary/aromatic N) is 3. The minimum Gasteiger partial charge on any atom is -0.378 e. The average Bonchev–Trinajstić information content (AvgIpc) is 2.68. The first-order chi connectivity index (χ1) is 12.6. The van der Waals surface area contributed by atoms with Gasteiger partial charge in [-0.25, -0.2) is 4.79 Å². The molecule has 0 atom stereocenters. The van der Waals surface area contributed by atoms with Crippen molar-refractivity contribution in [2.45, 2.75) is 19.9 Å². The molecule has 2 aromatic carbocycles. The molecule has 5 heteroatoms. The van der Waals surface area contributed by atoms with Gasteiger partial charge < -0.3 is 9.64 Å². The van der Waals surface area contributed by atoms with Crippen LogP contribution in [0.1, 0.15) is 19.9 Å². The lowest BCUT2D eigenvalue weighted by Crippen LogP contribution is -2.36. The molecule has 1 aromatic heterocycles. The topological polar surface area (TPSA) is 47.4 Å². The molecule has 4 rings (SSSR count). The van der Waals surface area contributed by atoms with Gasteiger partial charge >= 0.3 is 5.69 Å². The lowest BCUT2D eigenvalue weighted by Gasteiger charge is -2.29. The Morgan fingerprint density at radius 1 is 1.04 bits per heavy atom. The quantitative estimate of drug-likeness (QED) is 0.726. The second-order valence-electron chi connectivity index (χ2n) is 6.87. The highest BCUT2D eigenvalue weighted by molar-refractivity contribution is 5.94. The molecule has 0 unspecified atom stereocenters. The second-order valence-corrected chi connectivity index (χ2v) is 6.87. The molecule has 0 aliphatic carbocycles. The summed E-state index contributed by atoms with van der Waals surface area (Å²) in [6, 6.07) is 16.3. The molecule has 1 fully saturated rings. The number of hydrogen-bond acceptors (Lipinski definition) is 4. The Kier molecular flexibility index (Phi) is 4.47. The normalized spacial score (nSPS) is 15.0. The van der Waals surface area contributed by atoms with Crippen molar-refractivity contribution < 1.29 is 4.74 Å². The van der Waals surface area contributed by atoms with E-state index in [1.54, 1.807) is 4.57 Å². The van der Waals surface area contributed by atoms with Gasteiger partial charge in [0.2, 0.25) is 0 Å². The van der Waals surface area contributed by atoms with E-state index in [9.17, 15) is 4.79 Å². The largest absolute Gasteiger partial charge is 0.378 e. The van der Waals surface area contributed by atoms with E-state index in [2.05, 4.69) is 28.1 Å². The maximum Gasteiger partial charge on any atom is 0.348 e. The lowest BCUT2D eigenvalue weighted by molar-refractivity contribution is 0.122. The zero-order valence-electron chi connectivity index (χ0n) is 15.2. The molecule has 1 aliphatic rings. The predicted molar refractivity (Wildman–Crippen MR) is 105 cm³/mol. The van der Waals surface area contributed by atoms with Gasteiger partial charge in [0.25, 0.3) is 0 Å². The predicted octanol–water partition coefficient (Wildman–Crippen LogP) is 3.48. The smallest absolute Gasteiger partial charge is 0.348 e. The number of ether oxygens (including phenoxy) is 1. The Morgan fingerprint density at radius 2 is 1.77 bits per heavy atom. The van der Waals surface area contributed by atoms with Crippen LogP contribution in [0, 0.1) is 0 Å². The van der Waals surface area contributed by atoms with Crippen LogP contribution in [0.15, 0.2) is 53.3 Å². The van der Waals surface area contributed by atoms with Crippen molar-refractivity contribution in [2.75, 3.05) is 31.2 Å². The molecule has 0 spiro atoms. The Bertz CT molecular complexity index is 974. The number of anilines is 1. The first kappa shape index (κ1) is 16.8. The van der Waals surface area contributed by atoms with Gasteiger partial charge in [-0.05, 0) is 32.0 Å². The molecule has 3 aromatic rings. The van der Waals surface area contributed by atoms with E-state index in [0.717, 1.165) is 54.2 Å². The van der Waals surface area contributed by atoms with Crippen LogP contribution < -0.4 is 10.6 Å². The third kappa shape index (κ3) is 2.99. The van der Waals surface area contributed by atoms with Crippen molar-refractivity contribution in [1.82, 2.24) is 9.55 Å². The second kappa shape index (κ2) is 6.92. The average molecular weight is 349 g/mol. The Hall–Kier alpha value is -2.66. The molecule has 0 amide bonds. The van der Waals surface area contributed by atoms with Crippen molar-refractivity contribution in [2.24, 2.45) is 0 Å². The molecule has 1 aliphatic heterocycles. The van der Waals surface area contributed by atoms with Crippen LogP contribution >= 0.6 is 0 Å². The zero-order valence-corrected chi connectivity index (χ0v) is 15.2. The molecule has 0 saturated carbocycles. The van der Waals surface area contributed by atoms with Crippen LogP contribution in [0.4, 0.5) is 5.69 Å². The summed E-state index contributed by atoms with van der Waals surface area (Å²) in [5.74, 6) is 0.